The van der Waals surface area contributed by atoms with Crippen LogP contribution in [-0.4, -0.2) is 25.9 Å². The summed E-state index contributed by atoms with van der Waals surface area (Å²) in [6, 6.07) is 6.25. The zero-order valence-electron chi connectivity index (χ0n) is 12.5. The van der Waals surface area contributed by atoms with E-state index >= 15 is 0 Å². The molecule has 1 aromatic rings. The highest BCUT2D eigenvalue weighted by Crippen LogP contribution is 2.24. The van der Waals surface area contributed by atoms with Crippen LogP contribution in [0.25, 0.3) is 0 Å². The van der Waals surface area contributed by atoms with Gasteiger partial charge in [-0.1, -0.05) is 36.2 Å². The first-order valence-electron chi connectivity index (χ1n) is 7.41. The van der Waals surface area contributed by atoms with Gasteiger partial charge in [0.25, 0.3) is 0 Å². The lowest BCUT2D eigenvalue weighted by Crippen LogP contribution is -2.22. The van der Waals surface area contributed by atoms with E-state index < -0.39 is 0 Å². The molecule has 20 heavy (non-hydrogen) atoms. The molecule has 1 aromatic carbocycles. The average molecular weight is 344 g/mol. The number of nitrogens with two attached hydrogens (primary N) is 1. The Morgan fingerprint density at radius 1 is 1.20 bits per heavy atom. The van der Waals surface area contributed by atoms with Crippen molar-refractivity contribution in [3.63, 3.8) is 0 Å². The Morgan fingerprint density at radius 2 is 2.00 bits per heavy atom. The van der Waals surface area contributed by atoms with Crippen LogP contribution in [0, 0.1) is 0 Å². The summed E-state index contributed by atoms with van der Waals surface area (Å²) < 4.78 is 12.4. The maximum absolute atomic E-state index is 6.04. The fraction of sp³-hybridized carbons (Fsp3) is 0.625. The smallest absolute Gasteiger partial charge is 0.122 e. The van der Waals surface area contributed by atoms with Gasteiger partial charge in [0.15, 0.2) is 0 Å². The molecule has 0 fully saturated rings. The van der Waals surface area contributed by atoms with Crippen molar-refractivity contribution in [1.29, 1.82) is 0 Å². The van der Waals surface area contributed by atoms with Crippen molar-refractivity contribution in [2.24, 2.45) is 5.73 Å². The van der Waals surface area contributed by atoms with Gasteiger partial charge in [0.2, 0.25) is 0 Å². The minimum atomic E-state index is 0.174. The van der Waals surface area contributed by atoms with E-state index in [1.165, 1.54) is 0 Å². The molecule has 3 nitrogen and oxygen atoms in total. The largest absolute Gasteiger partial charge is 0.491 e. The zero-order chi connectivity index (χ0) is 14.8. The van der Waals surface area contributed by atoms with Crippen LogP contribution in [0.5, 0.6) is 5.75 Å². The third-order valence-electron chi connectivity index (χ3n) is 3.16. The molecule has 0 aromatic heterocycles. The first-order chi connectivity index (χ1) is 9.67. The monoisotopic (exact) mass is 343 g/mol. The Balaban J connectivity index is 2.47. The SMILES string of the molecule is CCCCOCCOc1ccc(Br)cc1CC(N)CC. The van der Waals surface area contributed by atoms with E-state index in [1.807, 2.05) is 12.1 Å². The fourth-order valence-electron chi connectivity index (χ4n) is 1.83. The molecule has 1 rings (SSSR count). The van der Waals surface area contributed by atoms with Gasteiger partial charge in [-0.2, -0.15) is 0 Å². The highest BCUT2D eigenvalue weighted by molar-refractivity contribution is 9.10. The molecule has 114 valence electrons. The van der Waals surface area contributed by atoms with Gasteiger partial charge in [-0.25, -0.2) is 0 Å². The van der Waals surface area contributed by atoms with E-state index in [4.69, 9.17) is 15.2 Å². The Morgan fingerprint density at radius 3 is 2.70 bits per heavy atom. The lowest BCUT2D eigenvalue weighted by molar-refractivity contribution is 0.0977. The van der Waals surface area contributed by atoms with Crippen LogP contribution in [0.2, 0.25) is 0 Å². The van der Waals surface area contributed by atoms with Gasteiger partial charge in [-0.15, -0.1) is 0 Å². The molecule has 1 atom stereocenters. The number of benzene rings is 1. The second kappa shape index (κ2) is 10.2. The molecule has 0 aliphatic heterocycles. The fourth-order valence-corrected chi connectivity index (χ4v) is 2.24. The quantitative estimate of drug-likeness (QED) is 0.654. The molecule has 0 saturated carbocycles. The Labute approximate surface area is 131 Å². The average Bonchev–Trinajstić information content (AvgIpc) is 2.44. The Hall–Kier alpha value is -0.580. The minimum absolute atomic E-state index is 0.174. The number of halogens is 1. The molecule has 0 amide bonds. The number of hydrogen-bond acceptors (Lipinski definition) is 3. The molecule has 4 heteroatoms. The molecule has 1 unspecified atom stereocenters. The molecule has 0 bridgehead atoms. The van der Waals surface area contributed by atoms with Crippen LogP contribution < -0.4 is 10.5 Å². The minimum Gasteiger partial charge on any atom is -0.491 e. The summed E-state index contributed by atoms with van der Waals surface area (Å²) in [7, 11) is 0. The van der Waals surface area contributed by atoms with Crippen LogP contribution in [0.4, 0.5) is 0 Å². The lowest BCUT2D eigenvalue weighted by atomic mass is 10.0. The number of ether oxygens (including phenoxy) is 2. The topological polar surface area (TPSA) is 44.5 Å². The van der Waals surface area contributed by atoms with Crippen molar-refractivity contribution in [2.45, 2.75) is 45.6 Å². The summed E-state index contributed by atoms with van der Waals surface area (Å²) in [5.74, 6) is 0.913. The molecule has 0 aliphatic rings. The van der Waals surface area contributed by atoms with Gasteiger partial charge in [-0.05, 0) is 43.0 Å². The van der Waals surface area contributed by atoms with Crippen molar-refractivity contribution in [1.82, 2.24) is 0 Å². The zero-order valence-corrected chi connectivity index (χ0v) is 14.1. The van der Waals surface area contributed by atoms with Crippen LogP contribution in [0.15, 0.2) is 22.7 Å². The van der Waals surface area contributed by atoms with Crippen molar-refractivity contribution < 1.29 is 9.47 Å². The maximum atomic E-state index is 6.04. The number of hydrogen-bond donors (Lipinski definition) is 1. The van der Waals surface area contributed by atoms with E-state index in [-0.39, 0.29) is 6.04 Å². The molecular formula is C16H26BrNO2. The number of rotatable bonds is 10. The van der Waals surface area contributed by atoms with Gasteiger partial charge in [0.1, 0.15) is 12.4 Å². The van der Waals surface area contributed by atoms with Gasteiger partial charge in [0, 0.05) is 17.1 Å². The van der Waals surface area contributed by atoms with Crippen molar-refractivity contribution >= 4 is 15.9 Å². The van der Waals surface area contributed by atoms with E-state index in [9.17, 15) is 0 Å². The maximum Gasteiger partial charge on any atom is 0.122 e. The Kier molecular flexibility index (Phi) is 8.90. The highest BCUT2D eigenvalue weighted by Gasteiger charge is 2.08. The molecule has 0 aliphatic carbocycles. The highest BCUT2D eigenvalue weighted by atomic mass is 79.9. The molecule has 0 spiro atoms. The van der Waals surface area contributed by atoms with Crippen molar-refractivity contribution in [3.05, 3.63) is 28.2 Å². The van der Waals surface area contributed by atoms with Crippen LogP contribution in [-0.2, 0) is 11.2 Å². The van der Waals surface area contributed by atoms with E-state index in [0.717, 1.165) is 48.1 Å². The summed E-state index contributed by atoms with van der Waals surface area (Å²) in [6.45, 7) is 6.29. The predicted molar refractivity (Wildman–Crippen MR) is 87.3 cm³/mol. The first kappa shape index (κ1) is 17.5. The second-order valence-corrected chi connectivity index (χ2v) is 5.85. The van der Waals surface area contributed by atoms with E-state index in [2.05, 4.69) is 35.8 Å². The third kappa shape index (κ3) is 6.73. The van der Waals surface area contributed by atoms with Crippen LogP contribution >= 0.6 is 15.9 Å². The third-order valence-corrected chi connectivity index (χ3v) is 3.65. The summed E-state index contributed by atoms with van der Waals surface area (Å²) in [4.78, 5) is 0. The van der Waals surface area contributed by atoms with Gasteiger partial charge in [-0.3, -0.25) is 0 Å². The summed E-state index contributed by atoms with van der Waals surface area (Å²) in [5.41, 5.74) is 7.19. The lowest BCUT2D eigenvalue weighted by Gasteiger charge is -2.15. The van der Waals surface area contributed by atoms with Crippen LogP contribution in [0.1, 0.15) is 38.7 Å². The molecule has 0 heterocycles. The Bertz CT molecular complexity index is 385. The molecule has 2 N–H and O–H groups in total. The van der Waals surface area contributed by atoms with E-state index in [1.54, 1.807) is 0 Å². The first-order valence-corrected chi connectivity index (χ1v) is 8.21. The molecular weight excluding hydrogens is 318 g/mol. The number of unbranched alkanes of at least 4 members (excludes halogenated alkanes) is 1. The summed E-state index contributed by atoms with van der Waals surface area (Å²) >= 11 is 3.50. The van der Waals surface area contributed by atoms with Gasteiger partial charge >= 0.3 is 0 Å². The normalized spacial score (nSPS) is 12.4. The summed E-state index contributed by atoms with van der Waals surface area (Å²) in [6.07, 6.45) is 4.07. The van der Waals surface area contributed by atoms with E-state index in [0.29, 0.717) is 13.2 Å². The second-order valence-electron chi connectivity index (χ2n) is 4.94. The standard InChI is InChI=1S/C16H26BrNO2/c1-3-5-8-19-9-10-20-16-7-6-14(17)11-13(16)12-15(18)4-2/h6-7,11,15H,3-5,8-10,12,18H2,1-2H3. The van der Waals surface area contributed by atoms with Crippen LogP contribution in [0.3, 0.4) is 0 Å². The van der Waals surface area contributed by atoms with Crippen molar-refractivity contribution in [2.75, 3.05) is 19.8 Å². The molecule has 0 radical (unpaired) electrons. The predicted octanol–water partition coefficient (Wildman–Crippen LogP) is 3.92. The van der Waals surface area contributed by atoms with Gasteiger partial charge in [0.05, 0.1) is 6.61 Å². The molecule has 0 saturated heterocycles. The summed E-state index contributed by atoms with van der Waals surface area (Å²) in [5, 5.41) is 0. The van der Waals surface area contributed by atoms with Gasteiger partial charge < -0.3 is 15.2 Å². The van der Waals surface area contributed by atoms with Crippen molar-refractivity contribution in [3.8, 4) is 5.75 Å².